The van der Waals surface area contributed by atoms with Crippen LogP contribution in [0.15, 0.2) is 30.3 Å². The number of carbonyl (C=O) groups is 2. The number of hydrogen-bond donors (Lipinski definition) is 2. The van der Waals surface area contributed by atoms with Crippen molar-refractivity contribution in [3.8, 4) is 0 Å². The van der Waals surface area contributed by atoms with Gasteiger partial charge >= 0.3 is 6.03 Å². The lowest BCUT2D eigenvalue weighted by Gasteiger charge is -2.22. The number of rotatable bonds is 4. The maximum Gasteiger partial charge on any atom is 0.325 e. The van der Waals surface area contributed by atoms with Gasteiger partial charge < -0.3 is 11.1 Å². The van der Waals surface area contributed by atoms with E-state index >= 15 is 0 Å². The normalized spacial score (nSPS) is 28.9. The molecule has 4 rings (SSSR count). The highest BCUT2D eigenvalue weighted by Crippen LogP contribution is 2.35. The molecule has 0 radical (unpaired) electrons. The molecular formula is C19H26N4O2. The molecule has 0 aromatic heterocycles. The summed E-state index contributed by atoms with van der Waals surface area (Å²) in [6.07, 6.45) is 3.58. The molecule has 2 heterocycles. The smallest absolute Gasteiger partial charge is 0.325 e. The zero-order valence-corrected chi connectivity index (χ0v) is 14.5. The first kappa shape index (κ1) is 16.5. The number of nitrogens with two attached hydrogens (primary N) is 1. The monoisotopic (exact) mass is 342 g/mol. The van der Waals surface area contributed by atoms with E-state index in [0.29, 0.717) is 19.0 Å². The first-order chi connectivity index (χ1) is 12.1. The fourth-order valence-electron chi connectivity index (χ4n) is 4.59. The third kappa shape index (κ3) is 2.93. The van der Waals surface area contributed by atoms with Gasteiger partial charge in [-0.05, 0) is 18.4 Å². The molecule has 2 atom stereocenters. The summed E-state index contributed by atoms with van der Waals surface area (Å²) in [5.74, 6) is 0.281. The molecule has 0 bridgehead atoms. The number of benzene rings is 1. The van der Waals surface area contributed by atoms with Crippen molar-refractivity contribution >= 4 is 11.9 Å². The van der Waals surface area contributed by atoms with Crippen LogP contribution in [0, 0.1) is 0 Å². The third-order valence-corrected chi connectivity index (χ3v) is 6.01. The maximum atomic E-state index is 12.7. The van der Waals surface area contributed by atoms with E-state index in [-0.39, 0.29) is 18.0 Å². The lowest BCUT2D eigenvalue weighted by atomic mass is 9.95. The van der Waals surface area contributed by atoms with E-state index in [9.17, 15) is 9.59 Å². The quantitative estimate of drug-likeness (QED) is 0.808. The van der Waals surface area contributed by atoms with Crippen molar-refractivity contribution < 1.29 is 9.59 Å². The van der Waals surface area contributed by atoms with Crippen LogP contribution in [-0.4, -0.2) is 59.5 Å². The Morgan fingerprint density at radius 2 is 1.80 bits per heavy atom. The molecule has 3 aliphatic rings. The molecule has 2 saturated heterocycles. The molecule has 1 aromatic rings. The number of carbonyl (C=O) groups excluding carboxylic acids is 2. The molecular weight excluding hydrogens is 316 g/mol. The first-order valence-corrected chi connectivity index (χ1v) is 9.26. The number of hydrogen-bond acceptors (Lipinski definition) is 4. The van der Waals surface area contributed by atoms with Crippen LogP contribution in [-0.2, 0) is 4.79 Å². The van der Waals surface area contributed by atoms with Gasteiger partial charge in [-0.25, -0.2) is 4.79 Å². The highest BCUT2D eigenvalue weighted by Gasteiger charge is 2.52. The van der Waals surface area contributed by atoms with Crippen LogP contribution >= 0.6 is 0 Å². The largest absolute Gasteiger partial charge is 0.326 e. The Hall–Kier alpha value is -1.92. The minimum absolute atomic E-state index is 0.0295. The third-order valence-electron chi connectivity index (χ3n) is 6.01. The standard InChI is InChI=1S/C19H26N4O2/c20-16-13-22(12-15(16)14-6-2-1-3-7-14)10-11-23-17(24)19(21-18(23)25)8-4-5-9-19/h1-3,6-7,15-16H,4-5,8-13,20H2,(H,21,25)/t15-,16+/m0/s1. The van der Waals surface area contributed by atoms with Gasteiger partial charge in [0.25, 0.3) is 5.91 Å². The topological polar surface area (TPSA) is 78.7 Å². The van der Waals surface area contributed by atoms with Crippen molar-refractivity contribution in [2.24, 2.45) is 5.73 Å². The number of nitrogens with zero attached hydrogens (tertiary/aromatic N) is 2. The second kappa shape index (κ2) is 6.42. The molecule has 1 saturated carbocycles. The molecule has 3 N–H and O–H groups in total. The number of amides is 3. The Morgan fingerprint density at radius 3 is 2.52 bits per heavy atom. The van der Waals surface area contributed by atoms with Crippen LogP contribution in [0.4, 0.5) is 4.79 Å². The van der Waals surface area contributed by atoms with E-state index in [0.717, 1.165) is 38.8 Å². The van der Waals surface area contributed by atoms with E-state index in [1.165, 1.54) is 10.5 Å². The number of imide groups is 1. The van der Waals surface area contributed by atoms with Gasteiger partial charge in [0.1, 0.15) is 5.54 Å². The molecule has 3 fully saturated rings. The average Bonchev–Trinajstić information content (AvgIpc) is 3.28. The van der Waals surface area contributed by atoms with Gasteiger partial charge in [0.15, 0.2) is 0 Å². The summed E-state index contributed by atoms with van der Waals surface area (Å²) in [6.45, 7) is 2.81. The van der Waals surface area contributed by atoms with Crippen molar-refractivity contribution in [2.75, 3.05) is 26.2 Å². The Morgan fingerprint density at radius 1 is 1.08 bits per heavy atom. The summed E-state index contributed by atoms with van der Waals surface area (Å²) in [7, 11) is 0. The summed E-state index contributed by atoms with van der Waals surface area (Å²) < 4.78 is 0. The van der Waals surface area contributed by atoms with Gasteiger partial charge in [0.2, 0.25) is 0 Å². The minimum atomic E-state index is -0.606. The van der Waals surface area contributed by atoms with Crippen LogP contribution in [0.25, 0.3) is 0 Å². The van der Waals surface area contributed by atoms with Crippen molar-refractivity contribution in [3.63, 3.8) is 0 Å². The maximum absolute atomic E-state index is 12.7. The van der Waals surface area contributed by atoms with Crippen LogP contribution in [0.2, 0.25) is 0 Å². The molecule has 2 aliphatic heterocycles. The first-order valence-electron chi connectivity index (χ1n) is 9.26. The lowest BCUT2D eigenvalue weighted by Crippen LogP contribution is -2.44. The average molecular weight is 342 g/mol. The molecule has 3 amide bonds. The fraction of sp³-hybridized carbons (Fsp3) is 0.579. The Balaban J connectivity index is 1.36. The highest BCUT2D eigenvalue weighted by atomic mass is 16.2. The number of likely N-dealkylation sites (tertiary alicyclic amines) is 1. The van der Waals surface area contributed by atoms with Gasteiger partial charge in [-0.3, -0.25) is 14.6 Å². The molecule has 6 nitrogen and oxygen atoms in total. The predicted molar refractivity (Wildman–Crippen MR) is 95.0 cm³/mol. The molecule has 6 heteroatoms. The van der Waals surface area contributed by atoms with Crippen molar-refractivity contribution in [2.45, 2.75) is 43.2 Å². The molecule has 1 aromatic carbocycles. The van der Waals surface area contributed by atoms with Crippen LogP contribution < -0.4 is 11.1 Å². The summed E-state index contributed by atoms with van der Waals surface area (Å²) in [6, 6.07) is 10.2. The van der Waals surface area contributed by atoms with Gasteiger partial charge in [0.05, 0.1) is 0 Å². The second-order valence-corrected chi connectivity index (χ2v) is 7.62. The van der Waals surface area contributed by atoms with Crippen molar-refractivity contribution in [1.82, 2.24) is 15.1 Å². The second-order valence-electron chi connectivity index (χ2n) is 7.62. The van der Waals surface area contributed by atoms with E-state index in [1.807, 2.05) is 18.2 Å². The highest BCUT2D eigenvalue weighted by molar-refractivity contribution is 6.07. The van der Waals surface area contributed by atoms with Gasteiger partial charge in [-0.2, -0.15) is 0 Å². The van der Waals surface area contributed by atoms with E-state index in [4.69, 9.17) is 5.73 Å². The van der Waals surface area contributed by atoms with Gasteiger partial charge in [0, 0.05) is 38.1 Å². The van der Waals surface area contributed by atoms with Crippen LogP contribution in [0.1, 0.15) is 37.2 Å². The molecule has 1 aliphatic carbocycles. The summed E-state index contributed by atoms with van der Waals surface area (Å²) >= 11 is 0. The molecule has 1 spiro atoms. The zero-order chi connectivity index (χ0) is 17.4. The van der Waals surface area contributed by atoms with Crippen molar-refractivity contribution in [3.05, 3.63) is 35.9 Å². The van der Waals surface area contributed by atoms with E-state index < -0.39 is 5.54 Å². The van der Waals surface area contributed by atoms with Crippen molar-refractivity contribution in [1.29, 1.82) is 0 Å². The Kier molecular flexibility index (Phi) is 4.25. The van der Waals surface area contributed by atoms with E-state index in [2.05, 4.69) is 22.3 Å². The number of nitrogens with one attached hydrogen (secondary N) is 1. The van der Waals surface area contributed by atoms with Gasteiger partial charge in [-0.15, -0.1) is 0 Å². The predicted octanol–water partition coefficient (Wildman–Crippen LogP) is 1.28. The van der Waals surface area contributed by atoms with Gasteiger partial charge in [-0.1, -0.05) is 43.2 Å². The molecule has 25 heavy (non-hydrogen) atoms. The van der Waals surface area contributed by atoms with Crippen LogP contribution in [0.3, 0.4) is 0 Å². The SMILES string of the molecule is N[C@@H]1CN(CCN2C(=O)NC3(CCCC3)C2=O)C[C@H]1c1ccccc1. The molecule has 134 valence electrons. The zero-order valence-electron chi connectivity index (χ0n) is 14.5. The minimum Gasteiger partial charge on any atom is -0.326 e. The lowest BCUT2D eigenvalue weighted by molar-refractivity contribution is -0.131. The summed E-state index contributed by atoms with van der Waals surface area (Å²) in [4.78, 5) is 28.6. The summed E-state index contributed by atoms with van der Waals surface area (Å²) in [5, 5.41) is 2.94. The van der Waals surface area contributed by atoms with Crippen LogP contribution in [0.5, 0.6) is 0 Å². The molecule has 0 unspecified atom stereocenters. The van der Waals surface area contributed by atoms with E-state index in [1.54, 1.807) is 0 Å². The Labute approximate surface area is 148 Å². The Bertz CT molecular complexity index is 657. The fourth-order valence-corrected chi connectivity index (χ4v) is 4.59. The summed E-state index contributed by atoms with van der Waals surface area (Å²) in [5.41, 5.74) is 6.99. The number of urea groups is 1.